The molecule has 9 nitrogen and oxygen atoms in total. The first-order chi connectivity index (χ1) is 14.5. The summed E-state index contributed by atoms with van der Waals surface area (Å²) in [5, 5.41) is 28.3. The number of halogens is 2. The first kappa shape index (κ1) is 23.8. The second-order valence-electron chi connectivity index (χ2n) is 8.57. The van der Waals surface area contributed by atoms with E-state index in [1.807, 2.05) is 6.92 Å². The number of esters is 3. The lowest BCUT2D eigenvalue weighted by atomic mass is 10.1. The molecule has 0 aromatic rings. The monoisotopic (exact) mass is 450 g/mol. The molecule has 1 unspecified atom stereocenters. The van der Waals surface area contributed by atoms with Gasteiger partial charge in [0.15, 0.2) is 0 Å². The van der Waals surface area contributed by atoms with Gasteiger partial charge in [-0.25, -0.2) is 18.4 Å². The van der Waals surface area contributed by atoms with Gasteiger partial charge in [0.25, 0.3) is 0 Å². The molecule has 0 saturated heterocycles. The minimum absolute atomic E-state index is 0.151. The lowest BCUT2D eigenvalue weighted by Gasteiger charge is -2.19. The topological polar surface area (TPSA) is 140 Å². The van der Waals surface area contributed by atoms with E-state index in [1.54, 1.807) is 0 Å². The van der Waals surface area contributed by atoms with Gasteiger partial charge in [0.2, 0.25) is 11.3 Å². The van der Waals surface area contributed by atoms with Gasteiger partial charge in [-0.1, -0.05) is 6.92 Å². The molecular formula is C20H28F2O9. The fourth-order valence-electron chi connectivity index (χ4n) is 5.36. The molecule has 0 heterocycles. The molecule has 0 aromatic heterocycles. The van der Waals surface area contributed by atoms with Crippen molar-refractivity contribution >= 4 is 17.9 Å². The second kappa shape index (κ2) is 8.25. The quantitative estimate of drug-likeness (QED) is 0.385. The molecule has 0 radical (unpaired) electrons. The standard InChI is InChI=1S/C12H17FO5.C8H11FO4/c1-3-4-8(15)18-7-5-6(14)9-10(7)12(9,13)11(16)17-2;1-13-7(12)8(9)5-3(10)2-4(11)6(5)8/h6-7,9-10,14H,3-5H2,1-2H3;3-6,10-11H,2H2,1H3/t6-,7+,9+,10-,12+;3-,4+,5+,6-,8?/m0./s1. The summed E-state index contributed by atoms with van der Waals surface area (Å²) < 4.78 is 41.8. The zero-order chi connectivity index (χ0) is 23.3. The number of ether oxygens (including phenoxy) is 3. The van der Waals surface area contributed by atoms with Crippen LogP contribution in [-0.2, 0) is 28.6 Å². The van der Waals surface area contributed by atoms with Crippen molar-refractivity contribution in [3.05, 3.63) is 0 Å². The van der Waals surface area contributed by atoms with Crippen LogP contribution in [0.1, 0.15) is 32.6 Å². The SMILES string of the molecule is CCCC(=O)O[C@@H]1C[C@H](O)[C@@H]2[C@H]1[C@@]2(F)C(=O)OC.COC(=O)C1(F)[C@@H]2[C@H]1[C@@H](O)C[C@H]2O. The third-order valence-electron chi connectivity index (χ3n) is 6.83. The number of hydrogen-bond acceptors (Lipinski definition) is 9. The van der Waals surface area contributed by atoms with Crippen molar-refractivity contribution in [3.63, 3.8) is 0 Å². The molecule has 3 N–H and O–H groups in total. The molecule has 176 valence electrons. The minimum Gasteiger partial charge on any atom is -0.467 e. The van der Waals surface area contributed by atoms with Crippen LogP contribution >= 0.6 is 0 Å². The molecule has 4 fully saturated rings. The fraction of sp³-hybridized carbons (Fsp3) is 0.850. The molecule has 10 atom stereocenters. The lowest BCUT2D eigenvalue weighted by molar-refractivity contribution is -0.158. The van der Waals surface area contributed by atoms with E-state index >= 15 is 0 Å². The molecule has 4 saturated carbocycles. The second-order valence-corrected chi connectivity index (χ2v) is 8.57. The van der Waals surface area contributed by atoms with Crippen LogP contribution in [0.15, 0.2) is 0 Å². The van der Waals surface area contributed by atoms with Crippen LogP contribution in [0.5, 0.6) is 0 Å². The normalized spacial score (nSPS) is 46.1. The van der Waals surface area contributed by atoms with Crippen LogP contribution in [0.3, 0.4) is 0 Å². The van der Waals surface area contributed by atoms with Gasteiger partial charge in [-0.3, -0.25) is 4.79 Å². The van der Waals surface area contributed by atoms with E-state index in [0.717, 1.165) is 14.2 Å². The third kappa shape index (κ3) is 3.60. The number of hydrogen-bond donors (Lipinski definition) is 3. The number of alkyl halides is 2. The molecular weight excluding hydrogens is 422 g/mol. The van der Waals surface area contributed by atoms with E-state index in [-0.39, 0.29) is 19.3 Å². The molecule has 0 amide bonds. The highest BCUT2D eigenvalue weighted by Gasteiger charge is 2.81. The summed E-state index contributed by atoms with van der Waals surface area (Å²) in [6.45, 7) is 1.83. The Morgan fingerprint density at radius 1 is 0.839 bits per heavy atom. The summed E-state index contributed by atoms with van der Waals surface area (Å²) in [5.41, 5.74) is -4.34. The number of carbonyl (C=O) groups is 3. The summed E-state index contributed by atoms with van der Waals surface area (Å²) in [4.78, 5) is 33.7. The first-order valence-corrected chi connectivity index (χ1v) is 10.3. The number of carbonyl (C=O) groups excluding carboxylic acids is 3. The third-order valence-corrected chi connectivity index (χ3v) is 6.83. The van der Waals surface area contributed by atoms with Gasteiger partial charge in [0, 0.05) is 37.0 Å². The molecule has 31 heavy (non-hydrogen) atoms. The van der Waals surface area contributed by atoms with E-state index in [0.29, 0.717) is 6.42 Å². The number of fused-ring (bicyclic) bond motifs is 2. The summed E-state index contributed by atoms with van der Waals surface area (Å²) in [5.74, 6) is -5.50. The van der Waals surface area contributed by atoms with Crippen molar-refractivity contribution < 1.29 is 52.7 Å². The first-order valence-electron chi connectivity index (χ1n) is 10.3. The highest BCUT2D eigenvalue weighted by Crippen LogP contribution is 2.65. The van der Waals surface area contributed by atoms with E-state index in [9.17, 15) is 38.5 Å². The van der Waals surface area contributed by atoms with E-state index in [1.165, 1.54) is 0 Å². The van der Waals surface area contributed by atoms with Crippen molar-refractivity contribution in [3.8, 4) is 0 Å². The van der Waals surface area contributed by atoms with Gasteiger partial charge in [-0.2, -0.15) is 0 Å². The molecule has 4 rings (SSSR count). The Bertz CT molecular complexity index is 732. The smallest absolute Gasteiger partial charge is 0.344 e. The van der Waals surface area contributed by atoms with Crippen molar-refractivity contribution in [1.29, 1.82) is 0 Å². The van der Waals surface area contributed by atoms with Crippen LogP contribution in [-0.4, -0.2) is 83.2 Å². The number of aliphatic hydroxyl groups is 3. The zero-order valence-corrected chi connectivity index (χ0v) is 17.5. The predicted octanol–water partition coefficient (Wildman–Crippen LogP) is -0.171. The van der Waals surface area contributed by atoms with Gasteiger partial charge in [0.1, 0.15) is 6.10 Å². The van der Waals surface area contributed by atoms with Crippen LogP contribution in [0.2, 0.25) is 0 Å². The average molecular weight is 450 g/mol. The molecule has 0 aliphatic heterocycles. The minimum atomic E-state index is -2.19. The van der Waals surface area contributed by atoms with Crippen LogP contribution in [0.4, 0.5) is 8.78 Å². The predicted molar refractivity (Wildman–Crippen MR) is 97.7 cm³/mol. The van der Waals surface area contributed by atoms with Crippen molar-refractivity contribution in [1.82, 2.24) is 0 Å². The molecule has 0 bridgehead atoms. The maximum absolute atomic E-state index is 14.3. The Morgan fingerprint density at radius 3 is 1.71 bits per heavy atom. The Morgan fingerprint density at radius 2 is 1.26 bits per heavy atom. The van der Waals surface area contributed by atoms with Crippen LogP contribution < -0.4 is 0 Å². The van der Waals surface area contributed by atoms with Gasteiger partial charge in [-0.05, 0) is 6.42 Å². The summed E-state index contributed by atoms with van der Waals surface area (Å²) in [6.07, 6.45) is -2.31. The Balaban J connectivity index is 0.000000185. The van der Waals surface area contributed by atoms with Crippen molar-refractivity contribution in [2.45, 2.75) is 68.4 Å². The number of rotatable bonds is 5. The van der Waals surface area contributed by atoms with Crippen molar-refractivity contribution in [2.24, 2.45) is 23.7 Å². The highest BCUT2D eigenvalue weighted by atomic mass is 19.2. The van der Waals surface area contributed by atoms with Gasteiger partial charge >= 0.3 is 17.9 Å². The fourth-order valence-corrected chi connectivity index (χ4v) is 5.36. The van der Waals surface area contributed by atoms with Crippen LogP contribution in [0, 0.1) is 23.7 Å². The van der Waals surface area contributed by atoms with Gasteiger partial charge in [0.05, 0.1) is 38.4 Å². The van der Waals surface area contributed by atoms with Crippen molar-refractivity contribution in [2.75, 3.05) is 14.2 Å². The van der Waals surface area contributed by atoms with Crippen LogP contribution in [0.25, 0.3) is 0 Å². The van der Waals surface area contributed by atoms with E-state index in [2.05, 4.69) is 9.47 Å². The summed E-state index contributed by atoms with van der Waals surface area (Å²) in [6, 6.07) is 0. The van der Waals surface area contributed by atoms with E-state index < -0.39 is 77.3 Å². The molecule has 11 heteroatoms. The number of aliphatic hydroxyl groups excluding tert-OH is 3. The largest absolute Gasteiger partial charge is 0.467 e. The molecule has 4 aliphatic carbocycles. The Kier molecular flexibility index (Phi) is 6.34. The highest BCUT2D eigenvalue weighted by molar-refractivity contribution is 5.86. The average Bonchev–Trinajstić information content (AvgIpc) is 3.44. The Hall–Kier alpha value is -1.85. The van der Waals surface area contributed by atoms with Gasteiger partial charge in [-0.15, -0.1) is 0 Å². The lowest BCUT2D eigenvalue weighted by Crippen LogP contribution is -2.34. The van der Waals surface area contributed by atoms with E-state index in [4.69, 9.17) is 4.74 Å². The zero-order valence-electron chi connectivity index (χ0n) is 17.5. The molecule has 0 spiro atoms. The maximum Gasteiger partial charge on any atom is 0.344 e. The molecule has 4 aliphatic rings. The molecule has 0 aromatic carbocycles. The van der Waals surface area contributed by atoms with Gasteiger partial charge < -0.3 is 29.5 Å². The Labute approximate surface area is 177 Å². The number of methoxy groups -OCH3 is 2. The summed E-state index contributed by atoms with van der Waals surface area (Å²) in [7, 11) is 2.19. The summed E-state index contributed by atoms with van der Waals surface area (Å²) >= 11 is 0. The maximum atomic E-state index is 14.3.